The fourth-order valence-electron chi connectivity index (χ4n) is 2.59. The summed E-state index contributed by atoms with van der Waals surface area (Å²) in [6.07, 6.45) is 4.94. The standard InChI is InChI=1S/C17H20N2O3/c1-13(14-6-4-3-5-7-14)19-12-18-10-15(19)16(20)22-17(8-9-17)11-21-2/h3-7,10,12-13H,8-9,11H2,1-2H3/t13-/m1/s1. The monoisotopic (exact) mass is 300 g/mol. The van der Waals surface area contributed by atoms with Crippen LogP contribution >= 0.6 is 0 Å². The number of esters is 1. The highest BCUT2D eigenvalue weighted by molar-refractivity contribution is 5.88. The third kappa shape index (κ3) is 2.90. The lowest BCUT2D eigenvalue weighted by molar-refractivity contribution is -0.00649. The number of carbonyl (C=O) groups excluding carboxylic acids is 1. The molecule has 22 heavy (non-hydrogen) atoms. The molecule has 1 aliphatic rings. The molecule has 116 valence electrons. The number of hydrogen-bond donors (Lipinski definition) is 0. The molecule has 5 heteroatoms. The average molecular weight is 300 g/mol. The van der Waals surface area contributed by atoms with E-state index < -0.39 is 5.60 Å². The van der Waals surface area contributed by atoms with Crippen molar-refractivity contribution < 1.29 is 14.3 Å². The van der Waals surface area contributed by atoms with E-state index in [4.69, 9.17) is 9.47 Å². The van der Waals surface area contributed by atoms with E-state index in [1.807, 2.05) is 41.8 Å². The van der Waals surface area contributed by atoms with Crippen LogP contribution in [-0.2, 0) is 9.47 Å². The molecule has 0 amide bonds. The first-order chi connectivity index (χ1) is 10.7. The Kier molecular flexibility index (Phi) is 3.98. The van der Waals surface area contributed by atoms with E-state index in [1.165, 1.54) is 0 Å². The van der Waals surface area contributed by atoms with Crippen molar-refractivity contribution in [3.8, 4) is 0 Å². The number of carbonyl (C=O) groups is 1. The molecule has 1 atom stereocenters. The molecule has 0 unspecified atom stereocenters. The average Bonchev–Trinajstić information content (AvgIpc) is 3.11. The summed E-state index contributed by atoms with van der Waals surface area (Å²) >= 11 is 0. The van der Waals surface area contributed by atoms with Gasteiger partial charge in [0.25, 0.3) is 0 Å². The first-order valence-corrected chi connectivity index (χ1v) is 7.44. The molecule has 3 rings (SSSR count). The van der Waals surface area contributed by atoms with Gasteiger partial charge in [-0.2, -0.15) is 0 Å². The summed E-state index contributed by atoms with van der Waals surface area (Å²) in [7, 11) is 1.62. The van der Waals surface area contributed by atoms with Crippen LogP contribution in [-0.4, -0.2) is 34.8 Å². The van der Waals surface area contributed by atoms with Gasteiger partial charge in [0.1, 0.15) is 11.3 Å². The molecule has 1 fully saturated rings. The van der Waals surface area contributed by atoms with Crippen LogP contribution in [0, 0.1) is 0 Å². The van der Waals surface area contributed by atoms with Crippen LogP contribution in [0.25, 0.3) is 0 Å². The largest absolute Gasteiger partial charge is 0.452 e. The maximum Gasteiger partial charge on any atom is 0.357 e. The molecule has 0 spiro atoms. The summed E-state index contributed by atoms with van der Waals surface area (Å²) in [5.41, 5.74) is 1.16. The van der Waals surface area contributed by atoms with Crippen LogP contribution in [0.4, 0.5) is 0 Å². The van der Waals surface area contributed by atoms with Gasteiger partial charge in [0.05, 0.1) is 25.2 Å². The van der Waals surface area contributed by atoms with Gasteiger partial charge in [0, 0.05) is 7.11 Å². The summed E-state index contributed by atoms with van der Waals surface area (Å²) < 4.78 is 12.6. The van der Waals surface area contributed by atoms with Gasteiger partial charge < -0.3 is 14.0 Å². The Morgan fingerprint density at radius 1 is 1.36 bits per heavy atom. The molecule has 5 nitrogen and oxygen atoms in total. The van der Waals surface area contributed by atoms with E-state index in [-0.39, 0.29) is 12.0 Å². The minimum absolute atomic E-state index is 0.0174. The molecular formula is C17H20N2O3. The van der Waals surface area contributed by atoms with Gasteiger partial charge in [-0.05, 0) is 25.3 Å². The summed E-state index contributed by atoms with van der Waals surface area (Å²) in [5, 5.41) is 0. The maximum atomic E-state index is 12.5. The Balaban J connectivity index is 1.79. The van der Waals surface area contributed by atoms with Crippen molar-refractivity contribution in [2.45, 2.75) is 31.4 Å². The smallest absolute Gasteiger partial charge is 0.357 e. The van der Waals surface area contributed by atoms with Crippen molar-refractivity contribution in [3.63, 3.8) is 0 Å². The van der Waals surface area contributed by atoms with Crippen molar-refractivity contribution in [3.05, 3.63) is 54.1 Å². The van der Waals surface area contributed by atoms with Gasteiger partial charge in [-0.25, -0.2) is 9.78 Å². The van der Waals surface area contributed by atoms with Gasteiger partial charge in [-0.1, -0.05) is 30.3 Å². The lowest BCUT2D eigenvalue weighted by Crippen LogP contribution is -2.26. The van der Waals surface area contributed by atoms with E-state index in [0.717, 1.165) is 18.4 Å². The van der Waals surface area contributed by atoms with Crippen molar-refractivity contribution in [2.75, 3.05) is 13.7 Å². The molecule has 0 radical (unpaired) electrons. The predicted molar refractivity (Wildman–Crippen MR) is 81.7 cm³/mol. The first kappa shape index (κ1) is 14.8. The van der Waals surface area contributed by atoms with Crippen LogP contribution in [0.3, 0.4) is 0 Å². The normalized spacial score (nSPS) is 17.0. The molecule has 1 saturated carbocycles. The summed E-state index contributed by atoms with van der Waals surface area (Å²) in [4.78, 5) is 16.6. The van der Waals surface area contributed by atoms with Gasteiger partial charge in [-0.15, -0.1) is 0 Å². The molecule has 1 aromatic carbocycles. The summed E-state index contributed by atoms with van der Waals surface area (Å²) in [6.45, 7) is 2.48. The minimum atomic E-state index is -0.434. The van der Waals surface area contributed by atoms with Crippen LogP contribution < -0.4 is 0 Å². The summed E-state index contributed by atoms with van der Waals surface area (Å²) in [5.74, 6) is -0.338. The highest BCUT2D eigenvalue weighted by Crippen LogP contribution is 2.40. The number of hydrogen-bond acceptors (Lipinski definition) is 4. The number of nitrogens with zero attached hydrogens (tertiary/aromatic N) is 2. The van der Waals surface area contributed by atoms with Crippen molar-refractivity contribution in [1.82, 2.24) is 9.55 Å². The SMILES string of the molecule is COCC1(OC(=O)c2cncn2[C@H](C)c2ccccc2)CC1. The molecule has 2 aromatic rings. The van der Waals surface area contributed by atoms with E-state index >= 15 is 0 Å². The zero-order valence-corrected chi connectivity index (χ0v) is 12.9. The Labute approximate surface area is 129 Å². The lowest BCUT2D eigenvalue weighted by atomic mass is 10.1. The highest BCUT2D eigenvalue weighted by Gasteiger charge is 2.47. The number of methoxy groups -OCH3 is 1. The Bertz CT molecular complexity index is 647. The third-order valence-electron chi connectivity index (χ3n) is 4.10. The van der Waals surface area contributed by atoms with Gasteiger partial charge in [-0.3, -0.25) is 0 Å². The van der Waals surface area contributed by atoms with E-state index in [1.54, 1.807) is 19.6 Å². The Morgan fingerprint density at radius 2 is 2.09 bits per heavy atom. The number of benzene rings is 1. The number of aromatic nitrogens is 2. The van der Waals surface area contributed by atoms with Crippen molar-refractivity contribution in [2.24, 2.45) is 0 Å². The Morgan fingerprint density at radius 3 is 2.73 bits per heavy atom. The number of imidazole rings is 1. The van der Waals surface area contributed by atoms with Gasteiger partial charge in [0.2, 0.25) is 0 Å². The number of ether oxygens (including phenoxy) is 2. The second kappa shape index (κ2) is 5.93. The molecule has 1 heterocycles. The van der Waals surface area contributed by atoms with Crippen molar-refractivity contribution in [1.29, 1.82) is 0 Å². The topological polar surface area (TPSA) is 53.4 Å². The fourth-order valence-corrected chi connectivity index (χ4v) is 2.59. The predicted octanol–water partition coefficient (Wildman–Crippen LogP) is 2.83. The van der Waals surface area contributed by atoms with E-state index in [2.05, 4.69) is 4.98 Å². The van der Waals surface area contributed by atoms with Crippen LogP contribution in [0.2, 0.25) is 0 Å². The maximum absolute atomic E-state index is 12.5. The molecule has 0 bridgehead atoms. The van der Waals surface area contributed by atoms with Crippen LogP contribution in [0.1, 0.15) is 41.9 Å². The molecule has 0 saturated heterocycles. The zero-order valence-electron chi connectivity index (χ0n) is 12.9. The van der Waals surface area contributed by atoms with Crippen molar-refractivity contribution >= 4 is 5.97 Å². The van der Waals surface area contributed by atoms with E-state index in [9.17, 15) is 4.79 Å². The number of rotatable bonds is 6. The fraction of sp³-hybridized carbons (Fsp3) is 0.412. The quantitative estimate of drug-likeness (QED) is 0.770. The molecule has 0 aliphatic heterocycles. The molecule has 1 aliphatic carbocycles. The second-order valence-corrected chi connectivity index (χ2v) is 5.78. The zero-order chi connectivity index (χ0) is 15.6. The third-order valence-corrected chi connectivity index (χ3v) is 4.10. The van der Waals surface area contributed by atoms with Crippen LogP contribution in [0.15, 0.2) is 42.9 Å². The molecular weight excluding hydrogens is 280 g/mol. The second-order valence-electron chi connectivity index (χ2n) is 5.78. The lowest BCUT2D eigenvalue weighted by Gasteiger charge is -2.19. The minimum Gasteiger partial charge on any atom is -0.452 e. The van der Waals surface area contributed by atoms with Gasteiger partial charge in [0.15, 0.2) is 0 Å². The van der Waals surface area contributed by atoms with E-state index in [0.29, 0.717) is 12.3 Å². The van der Waals surface area contributed by atoms with Crippen LogP contribution in [0.5, 0.6) is 0 Å². The molecule has 1 aromatic heterocycles. The molecule has 0 N–H and O–H groups in total. The summed E-state index contributed by atoms with van der Waals surface area (Å²) in [6, 6.07) is 10.0. The first-order valence-electron chi connectivity index (χ1n) is 7.44. The van der Waals surface area contributed by atoms with Gasteiger partial charge >= 0.3 is 5.97 Å². The Hall–Kier alpha value is -2.14. The highest BCUT2D eigenvalue weighted by atomic mass is 16.6.